The molecule has 0 radical (unpaired) electrons. The molecule has 5 heteroatoms. The van der Waals surface area contributed by atoms with E-state index in [1.54, 1.807) is 13.8 Å². The van der Waals surface area contributed by atoms with Gasteiger partial charge in [-0.15, -0.1) is 0 Å². The molecular weight excluding hydrogens is 258 g/mol. The molecule has 2 heterocycles. The van der Waals surface area contributed by atoms with Gasteiger partial charge in [-0.2, -0.15) is 0 Å². The van der Waals surface area contributed by atoms with Crippen molar-refractivity contribution in [1.82, 2.24) is 5.32 Å². The highest BCUT2D eigenvalue weighted by molar-refractivity contribution is 6.04. The third-order valence-corrected chi connectivity index (χ3v) is 3.36. The molecule has 1 aromatic heterocycles. The first-order valence-electron chi connectivity index (χ1n) is 6.76. The normalized spacial score (nSPS) is 15.1. The Hall–Kier alpha value is -2.01. The topological polar surface area (TPSA) is 60.7 Å². The van der Waals surface area contributed by atoms with E-state index in [9.17, 15) is 4.79 Å². The number of hydrogen-bond acceptors (Lipinski definition) is 5. The lowest BCUT2D eigenvalue weighted by atomic mass is 10.1. The average molecular weight is 275 g/mol. The van der Waals surface area contributed by atoms with Crippen LogP contribution in [0.1, 0.15) is 23.0 Å². The van der Waals surface area contributed by atoms with Gasteiger partial charge in [0.1, 0.15) is 28.8 Å². The molecule has 1 fully saturated rings. The lowest BCUT2D eigenvalue weighted by molar-refractivity contribution is 0.0526. The molecule has 1 aromatic carbocycles. The highest BCUT2D eigenvalue weighted by Crippen LogP contribution is 2.30. The summed E-state index contributed by atoms with van der Waals surface area (Å²) in [6.45, 7) is 5.60. The maximum absolute atomic E-state index is 12.0. The second-order valence-corrected chi connectivity index (χ2v) is 4.81. The molecule has 1 N–H and O–H groups in total. The number of esters is 1. The number of nitrogens with one attached hydrogen (secondary N) is 1. The van der Waals surface area contributed by atoms with Crippen LogP contribution in [0.3, 0.4) is 0 Å². The summed E-state index contributed by atoms with van der Waals surface area (Å²) < 4.78 is 16.5. The summed E-state index contributed by atoms with van der Waals surface area (Å²) in [4.78, 5) is 12.0. The van der Waals surface area contributed by atoms with Gasteiger partial charge in [-0.25, -0.2) is 4.79 Å². The van der Waals surface area contributed by atoms with Gasteiger partial charge in [0, 0.05) is 18.5 Å². The van der Waals surface area contributed by atoms with E-state index < -0.39 is 0 Å². The first-order chi connectivity index (χ1) is 9.69. The summed E-state index contributed by atoms with van der Waals surface area (Å²) in [5.74, 6) is 0.961. The van der Waals surface area contributed by atoms with E-state index >= 15 is 0 Å². The number of ether oxygens (including phenoxy) is 2. The largest absolute Gasteiger partial charge is 0.488 e. The summed E-state index contributed by atoms with van der Waals surface area (Å²) in [6.07, 6.45) is 0.200. The summed E-state index contributed by atoms with van der Waals surface area (Å²) >= 11 is 0. The minimum Gasteiger partial charge on any atom is -0.488 e. The first-order valence-corrected chi connectivity index (χ1v) is 6.76. The third kappa shape index (κ3) is 2.25. The number of carbonyl (C=O) groups is 1. The molecule has 20 heavy (non-hydrogen) atoms. The number of hydrogen-bond donors (Lipinski definition) is 1. The van der Waals surface area contributed by atoms with Crippen molar-refractivity contribution >= 4 is 16.9 Å². The van der Waals surface area contributed by atoms with E-state index in [0.29, 0.717) is 23.5 Å². The Bertz CT molecular complexity index is 643. The van der Waals surface area contributed by atoms with Crippen LogP contribution in [0.4, 0.5) is 0 Å². The summed E-state index contributed by atoms with van der Waals surface area (Å²) in [5, 5.41) is 3.89. The van der Waals surface area contributed by atoms with Gasteiger partial charge in [-0.05, 0) is 32.0 Å². The van der Waals surface area contributed by atoms with Gasteiger partial charge in [-0.3, -0.25) is 0 Å². The van der Waals surface area contributed by atoms with Crippen molar-refractivity contribution in [2.75, 3.05) is 19.7 Å². The predicted octanol–water partition coefficient (Wildman–Crippen LogP) is 2.27. The highest BCUT2D eigenvalue weighted by Gasteiger charge is 2.22. The molecular formula is C15H17NO4. The van der Waals surface area contributed by atoms with Gasteiger partial charge in [-0.1, -0.05) is 0 Å². The molecule has 0 unspecified atom stereocenters. The van der Waals surface area contributed by atoms with E-state index in [-0.39, 0.29) is 12.1 Å². The molecule has 0 spiro atoms. The zero-order valence-electron chi connectivity index (χ0n) is 11.6. The van der Waals surface area contributed by atoms with Crippen LogP contribution in [0, 0.1) is 6.92 Å². The molecule has 5 nitrogen and oxygen atoms in total. The van der Waals surface area contributed by atoms with Crippen LogP contribution in [-0.4, -0.2) is 31.8 Å². The van der Waals surface area contributed by atoms with Crippen LogP contribution >= 0.6 is 0 Å². The van der Waals surface area contributed by atoms with E-state index in [1.165, 1.54) is 0 Å². The Morgan fingerprint density at radius 3 is 2.90 bits per heavy atom. The Kier molecular flexibility index (Phi) is 3.36. The van der Waals surface area contributed by atoms with Crippen molar-refractivity contribution in [1.29, 1.82) is 0 Å². The van der Waals surface area contributed by atoms with Crippen molar-refractivity contribution in [2.45, 2.75) is 20.0 Å². The van der Waals surface area contributed by atoms with Crippen molar-refractivity contribution in [3.63, 3.8) is 0 Å². The van der Waals surface area contributed by atoms with Gasteiger partial charge in [0.05, 0.1) is 6.61 Å². The van der Waals surface area contributed by atoms with Crippen molar-refractivity contribution in [2.24, 2.45) is 0 Å². The minimum absolute atomic E-state index is 0.200. The number of benzene rings is 1. The maximum Gasteiger partial charge on any atom is 0.342 e. The Labute approximate surface area is 116 Å². The van der Waals surface area contributed by atoms with Gasteiger partial charge >= 0.3 is 5.97 Å². The first kappa shape index (κ1) is 13.0. The molecule has 2 aromatic rings. The molecule has 0 amide bonds. The summed E-state index contributed by atoms with van der Waals surface area (Å²) in [5.41, 5.74) is 1.16. The fraction of sp³-hybridized carbons (Fsp3) is 0.400. The third-order valence-electron chi connectivity index (χ3n) is 3.36. The van der Waals surface area contributed by atoms with E-state index in [2.05, 4.69) is 5.32 Å². The molecule has 1 aliphatic rings. The monoisotopic (exact) mass is 275 g/mol. The molecule has 3 rings (SSSR count). The van der Waals surface area contributed by atoms with Crippen LogP contribution in [0.2, 0.25) is 0 Å². The fourth-order valence-electron chi connectivity index (χ4n) is 2.27. The molecule has 0 atom stereocenters. The molecule has 1 saturated heterocycles. The van der Waals surface area contributed by atoms with Crippen molar-refractivity contribution in [3.05, 3.63) is 29.5 Å². The molecule has 1 aliphatic heterocycles. The minimum atomic E-state index is -0.355. The summed E-state index contributed by atoms with van der Waals surface area (Å²) in [7, 11) is 0. The fourth-order valence-corrected chi connectivity index (χ4v) is 2.27. The van der Waals surface area contributed by atoms with E-state index in [4.69, 9.17) is 13.9 Å². The molecule has 0 aliphatic carbocycles. The van der Waals surface area contributed by atoms with Gasteiger partial charge in [0.2, 0.25) is 0 Å². The zero-order valence-corrected chi connectivity index (χ0v) is 11.6. The van der Waals surface area contributed by atoms with Crippen LogP contribution in [0.25, 0.3) is 11.0 Å². The van der Waals surface area contributed by atoms with Crippen LogP contribution in [-0.2, 0) is 4.74 Å². The Morgan fingerprint density at radius 2 is 2.25 bits per heavy atom. The quantitative estimate of drug-likeness (QED) is 0.867. The van der Waals surface area contributed by atoms with Crippen molar-refractivity contribution in [3.8, 4) is 5.75 Å². The Balaban J connectivity index is 1.97. The van der Waals surface area contributed by atoms with Gasteiger partial charge in [0.15, 0.2) is 0 Å². The number of carbonyl (C=O) groups excluding carboxylic acids is 1. The standard InChI is InChI=1S/C15H17NO4/c1-3-18-15(17)14-9(2)19-13-5-4-10(6-12(13)14)20-11-7-16-8-11/h4-6,11,16H,3,7-8H2,1-2H3. The number of rotatable bonds is 4. The second kappa shape index (κ2) is 5.17. The van der Waals surface area contributed by atoms with E-state index in [0.717, 1.165) is 24.2 Å². The lowest BCUT2D eigenvalue weighted by Gasteiger charge is -2.27. The van der Waals surface area contributed by atoms with E-state index in [1.807, 2.05) is 18.2 Å². The van der Waals surface area contributed by atoms with Crippen molar-refractivity contribution < 1.29 is 18.7 Å². The number of fused-ring (bicyclic) bond motifs is 1. The SMILES string of the molecule is CCOC(=O)c1c(C)oc2ccc(OC3CNC3)cc12. The average Bonchev–Trinajstić information content (AvgIpc) is 2.69. The molecule has 106 valence electrons. The smallest absolute Gasteiger partial charge is 0.342 e. The maximum atomic E-state index is 12.0. The van der Waals surface area contributed by atoms with Gasteiger partial charge in [0.25, 0.3) is 0 Å². The number of aryl methyl sites for hydroxylation is 1. The second-order valence-electron chi connectivity index (χ2n) is 4.81. The molecule has 0 bridgehead atoms. The predicted molar refractivity (Wildman–Crippen MR) is 74.2 cm³/mol. The molecule has 0 saturated carbocycles. The van der Waals surface area contributed by atoms with Crippen LogP contribution in [0.15, 0.2) is 22.6 Å². The zero-order chi connectivity index (χ0) is 14.1. The van der Waals surface area contributed by atoms with Gasteiger partial charge < -0.3 is 19.2 Å². The summed E-state index contributed by atoms with van der Waals surface area (Å²) in [6, 6.07) is 5.53. The Morgan fingerprint density at radius 1 is 1.45 bits per heavy atom. The van der Waals surface area contributed by atoms with Crippen LogP contribution in [0.5, 0.6) is 5.75 Å². The van der Waals surface area contributed by atoms with Crippen LogP contribution < -0.4 is 10.1 Å². The number of furan rings is 1. The highest BCUT2D eigenvalue weighted by atomic mass is 16.5. The lowest BCUT2D eigenvalue weighted by Crippen LogP contribution is -2.50.